The van der Waals surface area contributed by atoms with Gasteiger partial charge in [-0.3, -0.25) is 14.5 Å². The number of amides is 2. The molecule has 2 rings (SSSR count). The van der Waals surface area contributed by atoms with Crippen molar-refractivity contribution in [3.63, 3.8) is 0 Å². The van der Waals surface area contributed by atoms with E-state index in [0.29, 0.717) is 12.8 Å². The summed E-state index contributed by atoms with van der Waals surface area (Å²) in [6.07, 6.45) is 3.11. The number of hydrogen-bond donors (Lipinski definition) is 1. The summed E-state index contributed by atoms with van der Waals surface area (Å²) in [5.41, 5.74) is 0.223. The number of thiophene rings is 1. The Morgan fingerprint density at radius 2 is 2.17 bits per heavy atom. The van der Waals surface area contributed by atoms with Crippen LogP contribution in [0.15, 0.2) is 48.5 Å². The third-order valence-corrected chi connectivity index (χ3v) is 3.86. The van der Waals surface area contributed by atoms with Crippen LogP contribution in [0, 0.1) is 0 Å². The number of aldehydes is 1. The summed E-state index contributed by atoms with van der Waals surface area (Å²) in [5, 5.41) is 4.70. The van der Waals surface area contributed by atoms with Crippen molar-refractivity contribution in [1.82, 2.24) is 10.3 Å². The van der Waals surface area contributed by atoms with Crippen LogP contribution in [0.4, 0.5) is 5.82 Å². The first kappa shape index (κ1) is 16.6. The average Bonchev–Trinajstić information content (AvgIpc) is 3.10. The van der Waals surface area contributed by atoms with Crippen molar-refractivity contribution in [3.8, 4) is 0 Å². The highest BCUT2D eigenvalue weighted by Gasteiger charge is 2.21. The Morgan fingerprint density at radius 3 is 2.83 bits per heavy atom. The number of hydrogen-bond acceptors (Lipinski definition) is 5. The van der Waals surface area contributed by atoms with Crippen LogP contribution in [-0.2, 0) is 16.1 Å². The summed E-state index contributed by atoms with van der Waals surface area (Å²) in [7, 11) is 0. The number of rotatable bonds is 7. The standard InChI is InChI=1S/C16H15N3O3S/c1-2-14(21)19(8-9-20)15-13(6-3-7-17-15)16(22)18-11-12-5-4-10-23-12/h2-7,9-10H,1,8,11H2,(H,18,22). The predicted molar refractivity (Wildman–Crippen MR) is 88.3 cm³/mol. The molecule has 0 spiro atoms. The Balaban J connectivity index is 2.24. The Hall–Kier alpha value is -2.80. The normalized spacial score (nSPS) is 9.91. The van der Waals surface area contributed by atoms with Gasteiger partial charge in [-0.05, 0) is 29.7 Å². The summed E-state index contributed by atoms with van der Waals surface area (Å²) in [6.45, 7) is 3.58. The second-order valence-corrected chi connectivity index (χ2v) is 5.49. The predicted octanol–water partition coefficient (Wildman–Crippen LogP) is 1.79. The quantitative estimate of drug-likeness (QED) is 0.620. The van der Waals surface area contributed by atoms with Crippen molar-refractivity contribution < 1.29 is 14.4 Å². The molecular weight excluding hydrogens is 314 g/mol. The first-order chi connectivity index (χ1) is 11.2. The molecule has 0 bridgehead atoms. The molecule has 0 aliphatic rings. The monoisotopic (exact) mass is 329 g/mol. The van der Waals surface area contributed by atoms with Gasteiger partial charge in [0.05, 0.1) is 18.7 Å². The number of aromatic nitrogens is 1. The van der Waals surface area contributed by atoms with Gasteiger partial charge < -0.3 is 10.1 Å². The summed E-state index contributed by atoms with van der Waals surface area (Å²) < 4.78 is 0. The summed E-state index contributed by atoms with van der Waals surface area (Å²) in [4.78, 5) is 41.3. The largest absolute Gasteiger partial charge is 0.347 e. The number of carbonyl (C=O) groups excluding carboxylic acids is 3. The number of nitrogens with one attached hydrogen (secondary N) is 1. The Morgan fingerprint density at radius 1 is 1.35 bits per heavy atom. The molecule has 2 aromatic rings. The molecule has 0 aromatic carbocycles. The van der Waals surface area contributed by atoms with E-state index in [1.165, 1.54) is 17.5 Å². The Labute approximate surface area is 137 Å². The summed E-state index contributed by atoms with van der Waals surface area (Å²) in [5.74, 6) is -0.731. The zero-order valence-corrected chi connectivity index (χ0v) is 13.1. The molecule has 1 N–H and O–H groups in total. The first-order valence-electron chi connectivity index (χ1n) is 6.80. The highest BCUT2D eigenvalue weighted by Crippen LogP contribution is 2.18. The van der Waals surface area contributed by atoms with E-state index in [-0.39, 0.29) is 23.8 Å². The Kier molecular flexibility index (Phi) is 5.76. The van der Waals surface area contributed by atoms with Gasteiger partial charge in [-0.1, -0.05) is 12.6 Å². The maximum atomic E-state index is 12.4. The third-order valence-electron chi connectivity index (χ3n) is 2.99. The third kappa shape index (κ3) is 4.10. The molecule has 0 atom stereocenters. The molecule has 2 heterocycles. The number of nitrogens with zero attached hydrogens (tertiary/aromatic N) is 2. The van der Waals surface area contributed by atoms with Crippen LogP contribution < -0.4 is 10.2 Å². The van der Waals surface area contributed by atoms with E-state index in [1.807, 2.05) is 17.5 Å². The van der Waals surface area contributed by atoms with E-state index in [2.05, 4.69) is 16.9 Å². The molecule has 0 aliphatic heterocycles. The van der Waals surface area contributed by atoms with E-state index in [1.54, 1.807) is 12.1 Å². The molecule has 118 valence electrons. The van der Waals surface area contributed by atoms with Gasteiger partial charge in [0, 0.05) is 11.1 Å². The van der Waals surface area contributed by atoms with E-state index in [9.17, 15) is 14.4 Å². The fourth-order valence-electron chi connectivity index (χ4n) is 1.93. The van der Waals surface area contributed by atoms with Crippen LogP contribution in [0.2, 0.25) is 0 Å². The topological polar surface area (TPSA) is 79.4 Å². The van der Waals surface area contributed by atoms with Gasteiger partial charge in [0.15, 0.2) is 0 Å². The average molecular weight is 329 g/mol. The van der Waals surface area contributed by atoms with Gasteiger partial charge in [0.2, 0.25) is 0 Å². The lowest BCUT2D eigenvalue weighted by atomic mass is 10.2. The van der Waals surface area contributed by atoms with E-state index >= 15 is 0 Å². The SMILES string of the molecule is C=CC(=O)N(CC=O)c1ncccc1C(=O)NCc1cccs1. The van der Waals surface area contributed by atoms with Gasteiger partial charge in [0.25, 0.3) is 11.8 Å². The molecule has 0 radical (unpaired) electrons. The van der Waals surface area contributed by atoms with Gasteiger partial charge in [-0.2, -0.15) is 0 Å². The minimum Gasteiger partial charge on any atom is -0.347 e. The molecule has 0 unspecified atom stereocenters. The van der Waals surface area contributed by atoms with Crippen molar-refractivity contribution in [2.24, 2.45) is 0 Å². The minimum atomic E-state index is -0.497. The molecule has 0 saturated carbocycles. The van der Waals surface area contributed by atoms with Crippen molar-refractivity contribution in [2.75, 3.05) is 11.4 Å². The maximum absolute atomic E-state index is 12.4. The van der Waals surface area contributed by atoms with Gasteiger partial charge in [-0.25, -0.2) is 4.98 Å². The fraction of sp³-hybridized carbons (Fsp3) is 0.125. The van der Waals surface area contributed by atoms with Crippen LogP contribution in [0.3, 0.4) is 0 Å². The smallest absolute Gasteiger partial charge is 0.255 e. The van der Waals surface area contributed by atoms with Gasteiger partial charge >= 0.3 is 0 Å². The van der Waals surface area contributed by atoms with Crippen LogP contribution in [-0.4, -0.2) is 29.6 Å². The molecule has 2 aromatic heterocycles. The highest BCUT2D eigenvalue weighted by molar-refractivity contribution is 7.09. The van der Waals surface area contributed by atoms with Crippen molar-refractivity contribution >= 4 is 35.3 Å². The van der Waals surface area contributed by atoms with Crippen LogP contribution >= 0.6 is 11.3 Å². The number of pyridine rings is 1. The van der Waals surface area contributed by atoms with Crippen LogP contribution in [0.25, 0.3) is 0 Å². The van der Waals surface area contributed by atoms with Crippen LogP contribution in [0.5, 0.6) is 0 Å². The molecule has 7 heteroatoms. The summed E-state index contributed by atoms with van der Waals surface area (Å²) in [6, 6.07) is 6.96. The zero-order chi connectivity index (χ0) is 16.7. The number of carbonyl (C=O) groups is 3. The molecule has 0 fully saturated rings. The van der Waals surface area contributed by atoms with E-state index in [4.69, 9.17) is 0 Å². The first-order valence-corrected chi connectivity index (χ1v) is 7.68. The van der Waals surface area contributed by atoms with E-state index < -0.39 is 5.91 Å². The molecular formula is C16H15N3O3S. The van der Waals surface area contributed by atoms with Gasteiger partial charge in [-0.15, -0.1) is 11.3 Å². The molecule has 23 heavy (non-hydrogen) atoms. The minimum absolute atomic E-state index is 0.133. The number of anilines is 1. The maximum Gasteiger partial charge on any atom is 0.255 e. The van der Waals surface area contributed by atoms with E-state index in [0.717, 1.165) is 15.9 Å². The molecule has 6 nitrogen and oxygen atoms in total. The van der Waals surface area contributed by atoms with Crippen molar-refractivity contribution in [1.29, 1.82) is 0 Å². The molecule has 0 aliphatic carbocycles. The molecule has 2 amide bonds. The second kappa shape index (κ2) is 8.00. The lowest BCUT2D eigenvalue weighted by Gasteiger charge is -2.20. The second-order valence-electron chi connectivity index (χ2n) is 4.46. The zero-order valence-electron chi connectivity index (χ0n) is 12.3. The Bertz CT molecular complexity index is 713. The lowest BCUT2D eigenvalue weighted by molar-refractivity contribution is -0.116. The summed E-state index contributed by atoms with van der Waals surface area (Å²) >= 11 is 1.53. The van der Waals surface area contributed by atoms with Crippen molar-refractivity contribution in [2.45, 2.75) is 6.54 Å². The highest BCUT2D eigenvalue weighted by atomic mass is 32.1. The van der Waals surface area contributed by atoms with Gasteiger partial charge in [0.1, 0.15) is 12.1 Å². The lowest BCUT2D eigenvalue weighted by Crippen LogP contribution is -2.34. The molecule has 0 saturated heterocycles. The fourth-order valence-corrected chi connectivity index (χ4v) is 2.58. The van der Waals surface area contributed by atoms with Crippen molar-refractivity contribution in [3.05, 3.63) is 58.9 Å². The van der Waals surface area contributed by atoms with Crippen LogP contribution in [0.1, 0.15) is 15.2 Å².